The average molecular weight is 308 g/mol. The Morgan fingerprint density at radius 1 is 1.45 bits per heavy atom. The molecule has 0 aromatic rings. The zero-order valence-corrected chi connectivity index (χ0v) is 13.2. The molecule has 7 heteroatoms. The van der Waals surface area contributed by atoms with Crippen molar-refractivity contribution in [1.29, 1.82) is 0 Å². The van der Waals surface area contributed by atoms with Crippen molar-refractivity contribution in [2.75, 3.05) is 26.2 Å². The summed E-state index contributed by atoms with van der Waals surface area (Å²) in [4.78, 5) is 25.4. The third-order valence-corrected chi connectivity index (χ3v) is 3.38. The molecule has 0 aromatic carbocycles. The Kier molecular flexibility index (Phi) is 8.76. The molecule has 1 fully saturated rings. The number of nitrogens with two attached hydrogens (primary N) is 1. The van der Waals surface area contributed by atoms with Gasteiger partial charge in [-0.1, -0.05) is 20.8 Å². The van der Waals surface area contributed by atoms with Crippen molar-refractivity contribution in [3.63, 3.8) is 0 Å². The Hall–Kier alpha value is -0.850. The predicted molar refractivity (Wildman–Crippen MR) is 79.7 cm³/mol. The molecule has 20 heavy (non-hydrogen) atoms. The molecule has 1 aliphatic heterocycles. The Balaban J connectivity index is 0.00000361. The van der Waals surface area contributed by atoms with Gasteiger partial charge in [0, 0.05) is 13.1 Å². The Morgan fingerprint density at radius 2 is 2.10 bits per heavy atom. The quantitative estimate of drug-likeness (QED) is 0.757. The number of hydrogen-bond donors (Lipinski definition) is 2. The fraction of sp³-hybridized carbons (Fsp3) is 0.846. The number of nitrogens with zero attached hydrogens (tertiary/aromatic N) is 1. The lowest BCUT2D eigenvalue weighted by molar-refractivity contribution is -0.139. The van der Waals surface area contributed by atoms with Crippen LogP contribution in [0.3, 0.4) is 0 Å². The van der Waals surface area contributed by atoms with Crippen molar-refractivity contribution in [3.8, 4) is 0 Å². The molecule has 1 unspecified atom stereocenters. The zero-order valence-electron chi connectivity index (χ0n) is 12.4. The highest BCUT2D eigenvalue weighted by atomic mass is 35.5. The first-order valence-corrected chi connectivity index (χ1v) is 6.88. The number of nitrogens with one attached hydrogen (secondary N) is 1. The van der Waals surface area contributed by atoms with Crippen LogP contribution in [0.4, 0.5) is 0 Å². The summed E-state index contributed by atoms with van der Waals surface area (Å²) >= 11 is 0. The highest BCUT2D eigenvalue weighted by molar-refractivity contribution is 5.87. The fourth-order valence-electron chi connectivity index (χ4n) is 1.89. The van der Waals surface area contributed by atoms with Gasteiger partial charge in [-0.25, -0.2) is 0 Å². The van der Waals surface area contributed by atoms with E-state index in [1.54, 1.807) is 4.90 Å². The van der Waals surface area contributed by atoms with Crippen molar-refractivity contribution in [3.05, 3.63) is 0 Å². The van der Waals surface area contributed by atoms with Gasteiger partial charge in [0.15, 0.2) is 0 Å². The summed E-state index contributed by atoms with van der Waals surface area (Å²) < 4.78 is 5.50. The number of halogens is 1. The minimum Gasteiger partial charge on any atom is -0.375 e. The first-order valence-electron chi connectivity index (χ1n) is 6.88. The average Bonchev–Trinajstić information content (AvgIpc) is 2.43. The van der Waals surface area contributed by atoms with Crippen molar-refractivity contribution < 1.29 is 14.3 Å². The minimum atomic E-state index is -0.569. The van der Waals surface area contributed by atoms with Crippen LogP contribution in [-0.2, 0) is 14.3 Å². The molecule has 0 bridgehead atoms. The van der Waals surface area contributed by atoms with Crippen molar-refractivity contribution in [1.82, 2.24) is 10.2 Å². The first-order chi connectivity index (χ1) is 8.95. The number of rotatable bonds is 5. The topological polar surface area (TPSA) is 84.7 Å². The molecule has 2 amide bonds. The summed E-state index contributed by atoms with van der Waals surface area (Å²) in [6.07, 6.45) is 0.986. The lowest BCUT2D eigenvalue weighted by Gasteiger charge is -2.32. The molecule has 0 spiro atoms. The second-order valence-electron chi connectivity index (χ2n) is 5.23. The van der Waals surface area contributed by atoms with E-state index in [1.165, 1.54) is 0 Å². The molecule has 0 radical (unpaired) electrons. The van der Waals surface area contributed by atoms with Gasteiger partial charge < -0.3 is 20.7 Å². The van der Waals surface area contributed by atoms with E-state index in [9.17, 15) is 9.59 Å². The summed E-state index contributed by atoms with van der Waals surface area (Å²) in [7, 11) is 0. The lowest BCUT2D eigenvalue weighted by Crippen LogP contribution is -2.51. The minimum absolute atomic E-state index is 0. The van der Waals surface area contributed by atoms with Crippen LogP contribution in [-0.4, -0.2) is 55.1 Å². The van der Waals surface area contributed by atoms with Crippen LogP contribution in [0.1, 0.15) is 27.2 Å². The van der Waals surface area contributed by atoms with E-state index in [1.807, 2.05) is 20.8 Å². The molecule has 1 heterocycles. The molecule has 1 rings (SSSR count). The number of amides is 2. The van der Waals surface area contributed by atoms with Crippen molar-refractivity contribution in [2.24, 2.45) is 11.7 Å². The monoisotopic (exact) mass is 307 g/mol. The second kappa shape index (κ2) is 9.15. The van der Waals surface area contributed by atoms with Crippen molar-refractivity contribution >= 4 is 24.2 Å². The van der Waals surface area contributed by atoms with Gasteiger partial charge in [-0.3, -0.25) is 9.59 Å². The van der Waals surface area contributed by atoms with E-state index >= 15 is 0 Å². The Labute approximate surface area is 126 Å². The van der Waals surface area contributed by atoms with Gasteiger partial charge in [0.2, 0.25) is 11.8 Å². The molecular formula is C13H26ClN3O3. The summed E-state index contributed by atoms with van der Waals surface area (Å²) in [5.41, 5.74) is 5.71. The molecule has 0 aliphatic carbocycles. The SMILES string of the molecule is CCC1CN(C(=O)CNC(=O)[C@@H](N)C(C)C)CCO1.Cl. The molecule has 0 aromatic heterocycles. The van der Waals surface area contributed by atoms with Crippen LogP contribution in [0.2, 0.25) is 0 Å². The Morgan fingerprint density at radius 3 is 2.65 bits per heavy atom. The van der Waals surface area contributed by atoms with Gasteiger partial charge >= 0.3 is 0 Å². The van der Waals surface area contributed by atoms with E-state index in [0.717, 1.165) is 6.42 Å². The largest absolute Gasteiger partial charge is 0.375 e. The van der Waals surface area contributed by atoms with Gasteiger partial charge in [-0.2, -0.15) is 0 Å². The van der Waals surface area contributed by atoms with Crippen LogP contribution >= 0.6 is 12.4 Å². The number of morpholine rings is 1. The molecule has 2 atom stereocenters. The first kappa shape index (κ1) is 19.1. The van der Waals surface area contributed by atoms with Crippen LogP contribution < -0.4 is 11.1 Å². The number of hydrogen-bond acceptors (Lipinski definition) is 4. The fourth-order valence-corrected chi connectivity index (χ4v) is 1.89. The summed E-state index contributed by atoms with van der Waals surface area (Å²) in [6, 6.07) is -0.569. The molecule has 1 aliphatic rings. The summed E-state index contributed by atoms with van der Waals surface area (Å²) in [5.74, 6) is -0.294. The molecular weight excluding hydrogens is 282 g/mol. The number of carbonyl (C=O) groups is 2. The lowest BCUT2D eigenvalue weighted by atomic mass is 10.1. The van der Waals surface area contributed by atoms with Crippen LogP contribution in [0.5, 0.6) is 0 Å². The maximum Gasteiger partial charge on any atom is 0.242 e. The van der Waals surface area contributed by atoms with Crippen LogP contribution in [0.25, 0.3) is 0 Å². The van der Waals surface area contributed by atoms with Crippen molar-refractivity contribution in [2.45, 2.75) is 39.3 Å². The smallest absolute Gasteiger partial charge is 0.242 e. The molecule has 6 nitrogen and oxygen atoms in total. The van der Waals surface area contributed by atoms with E-state index in [4.69, 9.17) is 10.5 Å². The molecule has 118 valence electrons. The third kappa shape index (κ3) is 5.64. The highest BCUT2D eigenvalue weighted by Gasteiger charge is 2.24. The molecule has 1 saturated heterocycles. The maximum atomic E-state index is 12.0. The van der Waals surface area contributed by atoms with Gasteiger partial charge in [0.05, 0.1) is 25.3 Å². The third-order valence-electron chi connectivity index (χ3n) is 3.38. The zero-order chi connectivity index (χ0) is 14.4. The van der Waals surface area contributed by atoms with E-state index in [2.05, 4.69) is 5.32 Å². The Bertz CT molecular complexity index is 326. The summed E-state index contributed by atoms with van der Waals surface area (Å²) in [5, 5.41) is 2.60. The van der Waals surface area contributed by atoms with Gasteiger partial charge in [-0.05, 0) is 12.3 Å². The number of carbonyl (C=O) groups excluding carboxylic acids is 2. The maximum absolute atomic E-state index is 12.0. The predicted octanol–water partition coefficient (Wildman–Crippen LogP) is 0.145. The normalized spacial score (nSPS) is 20.2. The van der Waals surface area contributed by atoms with Gasteiger partial charge in [0.1, 0.15) is 0 Å². The molecule has 3 N–H and O–H groups in total. The van der Waals surface area contributed by atoms with Gasteiger partial charge in [0.25, 0.3) is 0 Å². The standard InChI is InChI=1S/C13H25N3O3.ClH/c1-4-10-8-16(5-6-19-10)11(17)7-15-13(18)12(14)9(2)3;/h9-10,12H,4-8,14H2,1-3H3,(H,15,18);1H/t10?,12-;/m0./s1. The van der Waals surface area contributed by atoms with Crippen LogP contribution in [0, 0.1) is 5.92 Å². The van der Waals surface area contributed by atoms with E-state index in [-0.39, 0.29) is 42.8 Å². The summed E-state index contributed by atoms with van der Waals surface area (Å²) in [6.45, 7) is 7.53. The number of ether oxygens (including phenoxy) is 1. The van der Waals surface area contributed by atoms with E-state index < -0.39 is 6.04 Å². The second-order valence-corrected chi connectivity index (χ2v) is 5.23. The van der Waals surface area contributed by atoms with Gasteiger partial charge in [-0.15, -0.1) is 12.4 Å². The highest BCUT2D eigenvalue weighted by Crippen LogP contribution is 2.08. The molecule has 0 saturated carbocycles. The van der Waals surface area contributed by atoms with E-state index in [0.29, 0.717) is 19.7 Å². The van der Waals surface area contributed by atoms with Crippen LogP contribution in [0.15, 0.2) is 0 Å².